The lowest BCUT2D eigenvalue weighted by Crippen LogP contribution is -2.46. The SMILES string of the molecule is Cc1cc(Cl)ccc1OC(C)C(=O)NCC(C)N1CCc2sccc2C1. The van der Waals surface area contributed by atoms with Gasteiger partial charge in [-0.25, -0.2) is 0 Å². The Morgan fingerprint density at radius 2 is 2.19 bits per heavy atom. The van der Waals surface area contributed by atoms with E-state index in [1.807, 2.05) is 24.3 Å². The molecule has 0 spiro atoms. The molecule has 0 radical (unpaired) electrons. The first-order chi connectivity index (χ1) is 12.4. The van der Waals surface area contributed by atoms with Gasteiger partial charge in [0.25, 0.3) is 5.91 Å². The van der Waals surface area contributed by atoms with E-state index in [2.05, 4.69) is 28.6 Å². The van der Waals surface area contributed by atoms with Gasteiger partial charge >= 0.3 is 0 Å². The summed E-state index contributed by atoms with van der Waals surface area (Å²) in [6.07, 6.45) is 0.549. The van der Waals surface area contributed by atoms with Crippen molar-refractivity contribution in [3.8, 4) is 5.75 Å². The number of hydrogen-bond acceptors (Lipinski definition) is 4. The van der Waals surface area contributed by atoms with Crippen molar-refractivity contribution in [2.75, 3.05) is 13.1 Å². The van der Waals surface area contributed by atoms with Crippen molar-refractivity contribution < 1.29 is 9.53 Å². The van der Waals surface area contributed by atoms with Crippen LogP contribution in [-0.4, -0.2) is 36.0 Å². The highest BCUT2D eigenvalue weighted by Gasteiger charge is 2.23. The number of nitrogens with zero attached hydrogens (tertiary/aromatic N) is 1. The number of thiophene rings is 1. The van der Waals surface area contributed by atoms with E-state index in [9.17, 15) is 4.79 Å². The van der Waals surface area contributed by atoms with Crippen LogP contribution in [0.4, 0.5) is 0 Å². The van der Waals surface area contributed by atoms with Gasteiger partial charge in [-0.3, -0.25) is 9.69 Å². The zero-order valence-corrected chi connectivity index (χ0v) is 17.0. The molecule has 0 aliphatic carbocycles. The van der Waals surface area contributed by atoms with Crippen LogP contribution in [0.3, 0.4) is 0 Å². The summed E-state index contributed by atoms with van der Waals surface area (Å²) in [5.41, 5.74) is 2.35. The number of nitrogens with one attached hydrogen (secondary N) is 1. The molecule has 1 aromatic carbocycles. The number of aryl methyl sites for hydroxylation is 1. The van der Waals surface area contributed by atoms with Crippen LogP contribution in [0.2, 0.25) is 5.02 Å². The molecular weight excluding hydrogens is 368 g/mol. The predicted octanol–water partition coefficient (Wildman–Crippen LogP) is 4.04. The van der Waals surface area contributed by atoms with Crippen molar-refractivity contribution in [1.82, 2.24) is 10.2 Å². The molecule has 0 saturated heterocycles. The summed E-state index contributed by atoms with van der Waals surface area (Å²) in [5, 5.41) is 5.85. The molecule has 1 aliphatic rings. The topological polar surface area (TPSA) is 41.6 Å². The zero-order chi connectivity index (χ0) is 18.7. The van der Waals surface area contributed by atoms with Crippen molar-refractivity contribution in [3.63, 3.8) is 0 Å². The molecule has 26 heavy (non-hydrogen) atoms. The van der Waals surface area contributed by atoms with Gasteiger partial charge in [-0.2, -0.15) is 0 Å². The van der Waals surface area contributed by atoms with Gasteiger partial charge in [0.2, 0.25) is 0 Å². The third kappa shape index (κ3) is 4.58. The van der Waals surface area contributed by atoms with Crippen LogP contribution in [0.25, 0.3) is 0 Å². The van der Waals surface area contributed by atoms with E-state index in [1.165, 1.54) is 10.4 Å². The second-order valence-electron chi connectivity index (χ2n) is 6.85. The number of fused-ring (bicyclic) bond motifs is 1. The third-order valence-corrected chi connectivity index (χ3v) is 6.10. The Morgan fingerprint density at radius 1 is 1.38 bits per heavy atom. The second-order valence-corrected chi connectivity index (χ2v) is 8.29. The molecule has 1 N–H and O–H groups in total. The van der Waals surface area contributed by atoms with Gasteiger partial charge in [0.1, 0.15) is 5.75 Å². The Balaban J connectivity index is 1.48. The molecule has 2 atom stereocenters. The Kier molecular flexibility index (Phi) is 6.22. The maximum Gasteiger partial charge on any atom is 0.260 e. The van der Waals surface area contributed by atoms with E-state index in [0.29, 0.717) is 17.3 Å². The minimum Gasteiger partial charge on any atom is -0.481 e. The standard InChI is InChI=1S/C20H25ClN2O2S/c1-13-10-17(21)4-5-18(13)25-15(3)20(24)22-11-14(2)23-8-6-19-16(12-23)7-9-26-19/h4-5,7,9-10,14-15H,6,8,11-12H2,1-3H3,(H,22,24). The molecule has 0 bridgehead atoms. The van der Waals surface area contributed by atoms with E-state index < -0.39 is 6.10 Å². The maximum atomic E-state index is 12.4. The molecule has 2 unspecified atom stereocenters. The monoisotopic (exact) mass is 392 g/mol. The first-order valence-electron chi connectivity index (χ1n) is 8.94. The summed E-state index contributed by atoms with van der Waals surface area (Å²) in [7, 11) is 0. The minimum atomic E-state index is -0.549. The molecule has 1 aliphatic heterocycles. The van der Waals surface area contributed by atoms with Gasteiger partial charge in [0, 0.05) is 35.6 Å². The average Bonchev–Trinajstić information content (AvgIpc) is 3.09. The molecule has 4 nitrogen and oxygen atoms in total. The van der Waals surface area contributed by atoms with Gasteiger partial charge in [0.05, 0.1) is 0 Å². The lowest BCUT2D eigenvalue weighted by atomic mass is 10.1. The van der Waals surface area contributed by atoms with Crippen LogP contribution >= 0.6 is 22.9 Å². The van der Waals surface area contributed by atoms with Crippen LogP contribution in [0.1, 0.15) is 29.9 Å². The first-order valence-corrected chi connectivity index (χ1v) is 10.2. The average molecular weight is 393 g/mol. The van der Waals surface area contributed by atoms with E-state index in [4.69, 9.17) is 16.3 Å². The van der Waals surface area contributed by atoms with Crippen molar-refractivity contribution >= 4 is 28.8 Å². The molecule has 2 heterocycles. The number of hydrogen-bond donors (Lipinski definition) is 1. The van der Waals surface area contributed by atoms with Crippen molar-refractivity contribution in [2.45, 2.75) is 45.9 Å². The molecule has 140 valence electrons. The van der Waals surface area contributed by atoms with Crippen molar-refractivity contribution in [1.29, 1.82) is 0 Å². The molecule has 6 heteroatoms. The summed E-state index contributed by atoms with van der Waals surface area (Å²) in [4.78, 5) is 16.3. The number of carbonyl (C=O) groups excluding carboxylic acids is 1. The number of amides is 1. The number of ether oxygens (including phenoxy) is 1. The van der Waals surface area contributed by atoms with Gasteiger partial charge in [0.15, 0.2) is 6.10 Å². The van der Waals surface area contributed by atoms with Crippen LogP contribution in [-0.2, 0) is 17.8 Å². The van der Waals surface area contributed by atoms with Gasteiger partial charge in [-0.05, 0) is 68.0 Å². The molecule has 0 fully saturated rings. The second kappa shape index (κ2) is 8.42. The molecule has 3 rings (SSSR count). The quantitative estimate of drug-likeness (QED) is 0.806. The fraction of sp³-hybridized carbons (Fsp3) is 0.450. The van der Waals surface area contributed by atoms with Crippen molar-refractivity contribution in [3.05, 3.63) is 50.7 Å². The Hall–Kier alpha value is -1.56. The summed E-state index contributed by atoms with van der Waals surface area (Å²) in [6.45, 7) is 8.47. The number of carbonyl (C=O) groups is 1. The maximum absolute atomic E-state index is 12.4. The lowest BCUT2D eigenvalue weighted by molar-refractivity contribution is -0.127. The summed E-state index contributed by atoms with van der Waals surface area (Å²) in [5.74, 6) is 0.588. The molecule has 1 aromatic heterocycles. The molecule has 2 aromatic rings. The third-order valence-electron chi connectivity index (χ3n) is 4.84. The summed E-state index contributed by atoms with van der Waals surface area (Å²) in [6, 6.07) is 7.90. The zero-order valence-electron chi connectivity index (χ0n) is 15.4. The minimum absolute atomic E-state index is 0.0977. The van der Waals surface area contributed by atoms with E-state index >= 15 is 0 Å². The Bertz CT molecular complexity index is 777. The molecule has 1 amide bonds. The van der Waals surface area contributed by atoms with Crippen LogP contribution in [0, 0.1) is 6.92 Å². The smallest absolute Gasteiger partial charge is 0.260 e. The molecular formula is C20H25ClN2O2S. The van der Waals surface area contributed by atoms with E-state index in [0.717, 1.165) is 25.1 Å². The largest absolute Gasteiger partial charge is 0.481 e. The summed E-state index contributed by atoms with van der Waals surface area (Å²) >= 11 is 7.80. The van der Waals surface area contributed by atoms with Crippen LogP contribution in [0.5, 0.6) is 5.75 Å². The predicted molar refractivity (Wildman–Crippen MR) is 107 cm³/mol. The van der Waals surface area contributed by atoms with Gasteiger partial charge < -0.3 is 10.1 Å². The fourth-order valence-electron chi connectivity index (χ4n) is 3.16. The van der Waals surface area contributed by atoms with Gasteiger partial charge in [-0.1, -0.05) is 11.6 Å². The normalized spacial score (nSPS) is 16.6. The highest BCUT2D eigenvalue weighted by Crippen LogP contribution is 2.25. The number of rotatable bonds is 6. The van der Waals surface area contributed by atoms with E-state index in [1.54, 1.807) is 19.1 Å². The van der Waals surface area contributed by atoms with Crippen LogP contribution < -0.4 is 10.1 Å². The first kappa shape index (κ1) is 19.2. The Morgan fingerprint density at radius 3 is 2.96 bits per heavy atom. The highest BCUT2D eigenvalue weighted by atomic mass is 35.5. The highest BCUT2D eigenvalue weighted by molar-refractivity contribution is 7.10. The van der Waals surface area contributed by atoms with E-state index in [-0.39, 0.29) is 11.9 Å². The van der Waals surface area contributed by atoms with Crippen LogP contribution in [0.15, 0.2) is 29.6 Å². The lowest BCUT2D eigenvalue weighted by Gasteiger charge is -2.32. The Labute approximate surface area is 164 Å². The number of halogens is 1. The fourth-order valence-corrected chi connectivity index (χ4v) is 4.27. The number of benzene rings is 1. The van der Waals surface area contributed by atoms with Crippen molar-refractivity contribution in [2.24, 2.45) is 0 Å². The molecule has 0 saturated carbocycles. The summed E-state index contributed by atoms with van der Waals surface area (Å²) < 4.78 is 5.79. The van der Waals surface area contributed by atoms with Gasteiger partial charge in [-0.15, -0.1) is 11.3 Å².